The molecule has 1 aliphatic heterocycles. The molecular formula is C16H21N5O2. The van der Waals surface area contributed by atoms with Gasteiger partial charge in [0.2, 0.25) is 0 Å². The van der Waals surface area contributed by atoms with Crippen molar-refractivity contribution in [1.29, 1.82) is 0 Å². The summed E-state index contributed by atoms with van der Waals surface area (Å²) < 4.78 is 1.45. The Morgan fingerprint density at radius 2 is 2.00 bits per heavy atom. The molecule has 7 nitrogen and oxygen atoms in total. The van der Waals surface area contributed by atoms with Gasteiger partial charge in [0.15, 0.2) is 0 Å². The molecule has 0 spiro atoms. The van der Waals surface area contributed by atoms with Gasteiger partial charge in [-0.3, -0.25) is 9.47 Å². The Balaban J connectivity index is 1.71. The third-order valence-electron chi connectivity index (χ3n) is 4.16. The number of nitrogens with two attached hydrogens (primary N) is 2. The Labute approximate surface area is 134 Å². The van der Waals surface area contributed by atoms with Crippen LogP contribution in [0.4, 0.5) is 5.82 Å². The van der Waals surface area contributed by atoms with Gasteiger partial charge in [-0.05, 0) is 30.2 Å². The van der Waals surface area contributed by atoms with Crippen molar-refractivity contribution in [1.82, 2.24) is 14.5 Å². The van der Waals surface area contributed by atoms with E-state index in [1.807, 2.05) is 24.3 Å². The minimum atomic E-state index is -0.470. The maximum Gasteiger partial charge on any atom is 0.354 e. The summed E-state index contributed by atoms with van der Waals surface area (Å²) in [5, 5.41) is 9.85. The summed E-state index contributed by atoms with van der Waals surface area (Å²) in [4.78, 5) is 17.7. The predicted molar refractivity (Wildman–Crippen MR) is 88.1 cm³/mol. The van der Waals surface area contributed by atoms with Gasteiger partial charge in [0.05, 0.1) is 11.8 Å². The van der Waals surface area contributed by atoms with E-state index in [-0.39, 0.29) is 11.9 Å². The number of nitrogen functional groups attached to an aromatic ring is 1. The van der Waals surface area contributed by atoms with Crippen LogP contribution in [-0.2, 0) is 6.54 Å². The Morgan fingerprint density at radius 1 is 1.26 bits per heavy atom. The van der Waals surface area contributed by atoms with Crippen molar-refractivity contribution in [2.75, 3.05) is 18.8 Å². The monoisotopic (exact) mass is 315 g/mol. The van der Waals surface area contributed by atoms with E-state index in [1.165, 1.54) is 4.57 Å². The number of aliphatic hydroxyl groups is 1. The van der Waals surface area contributed by atoms with E-state index in [0.717, 1.165) is 30.8 Å². The smallest absolute Gasteiger partial charge is 0.354 e. The molecule has 7 heteroatoms. The second-order valence-corrected chi connectivity index (χ2v) is 5.93. The zero-order valence-electron chi connectivity index (χ0n) is 12.8. The molecule has 3 rings (SSSR count). The second-order valence-electron chi connectivity index (χ2n) is 5.93. The molecule has 122 valence electrons. The number of anilines is 1. The first-order valence-electron chi connectivity index (χ1n) is 7.63. The lowest BCUT2D eigenvalue weighted by Gasteiger charge is -2.34. The number of nitrogens with zero attached hydrogens (tertiary/aromatic N) is 3. The molecule has 0 aliphatic carbocycles. The molecule has 0 bridgehead atoms. The number of aromatic nitrogens is 2. The Hall–Kier alpha value is -2.22. The average Bonchev–Trinajstić information content (AvgIpc) is 2.52. The van der Waals surface area contributed by atoms with Crippen LogP contribution in [0.5, 0.6) is 0 Å². The van der Waals surface area contributed by atoms with Crippen LogP contribution >= 0.6 is 0 Å². The molecule has 1 aromatic heterocycles. The van der Waals surface area contributed by atoms with Crippen molar-refractivity contribution in [3.63, 3.8) is 0 Å². The summed E-state index contributed by atoms with van der Waals surface area (Å²) in [5.41, 5.74) is 12.8. The van der Waals surface area contributed by atoms with Crippen molar-refractivity contribution in [3.05, 3.63) is 52.6 Å². The molecule has 0 unspecified atom stereocenters. The Kier molecular flexibility index (Phi) is 4.42. The molecule has 2 heterocycles. The van der Waals surface area contributed by atoms with Gasteiger partial charge >= 0.3 is 5.69 Å². The van der Waals surface area contributed by atoms with Crippen molar-refractivity contribution >= 4 is 5.82 Å². The first-order valence-corrected chi connectivity index (χ1v) is 7.63. The lowest BCUT2D eigenvalue weighted by molar-refractivity contribution is 0.0499. The molecule has 0 saturated carbocycles. The van der Waals surface area contributed by atoms with Gasteiger partial charge in [0.25, 0.3) is 0 Å². The van der Waals surface area contributed by atoms with Gasteiger partial charge in [0.1, 0.15) is 5.82 Å². The van der Waals surface area contributed by atoms with Crippen LogP contribution in [0.25, 0.3) is 5.69 Å². The SMILES string of the molecule is Nc1ccn(-c2ccc(CN3CC[C@@H](N)[C@@H](O)C3)cc2)c(=O)n1. The van der Waals surface area contributed by atoms with Gasteiger partial charge in [0, 0.05) is 31.9 Å². The molecule has 0 radical (unpaired) electrons. The maximum atomic E-state index is 11.8. The maximum absolute atomic E-state index is 11.8. The average molecular weight is 315 g/mol. The van der Waals surface area contributed by atoms with Crippen molar-refractivity contribution in [2.24, 2.45) is 5.73 Å². The number of benzene rings is 1. The first-order chi connectivity index (χ1) is 11.0. The summed E-state index contributed by atoms with van der Waals surface area (Å²) >= 11 is 0. The zero-order chi connectivity index (χ0) is 16.4. The van der Waals surface area contributed by atoms with E-state index in [0.29, 0.717) is 6.54 Å². The number of hydrogen-bond acceptors (Lipinski definition) is 6. The highest BCUT2D eigenvalue weighted by Crippen LogP contribution is 2.15. The van der Waals surface area contributed by atoms with Crippen LogP contribution in [0.2, 0.25) is 0 Å². The zero-order valence-corrected chi connectivity index (χ0v) is 12.8. The van der Waals surface area contributed by atoms with Gasteiger partial charge in [-0.25, -0.2) is 4.79 Å². The normalized spacial score (nSPS) is 22.2. The summed E-state index contributed by atoms with van der Waals surface area (Å²) in [7, 11) is 0. The fraction of sp³-hybridized carbons (Fsp3) is 0.375. The van der Waals surface area contributed by atoms with Gasteiger partial charge < -0.3 is 16.6 Å². The number of aliphatic hydroxyl groups excluding tert-OH is 1. The van der Waals surface area contributed by atoms with E-state index in [4.69, 9.17) is 11.5 Å². The molecule has 5 N–H and O–H groups in total. The number of likely N-dealkylation sites (tertiary alicyclic amines) is 1. The van der Waals surface area contributed by atoms with Crippen molar-refractivity contribution in [2.45, 2.75) is 25.1 Å². The summed E-state index contributed by atoms with van der Waals surface area (Å²) in [6, 6.07) is 9.16. The largest absolute Gasteiger partial charge is 0.390 e. The minimum Gasteiger partial charge on any atom is -0.390 e. The summed E-state index contributed by atoms with van der Waals surface area (Å²) in [5.74, 6) is 0.213. The van der Waals surface area contributed by atoms with Crippen molar-refractivity contribution < 1.29 is 5.11 Å². The van der Waals surface area contributed by atoms with Crippen LogP contribution in [0, 0.1) is 0 Å². The quantitative estimate of drug-likeness (QED) is 0.718. The molecular weight excluding hydrogens is 294 g/mol. The summed E-state index contributed by atoms with van der Waals surface area (Å²) in [6.07, 6.45) is 1.94. The fourth-order valence-electron chi connectivity index (χ4n) is 2.79. The van der Waals surface area contributed by atoms with E-state index >= 15 is 0 Å². The number of hydrogen-bond donors (Lipinski definition) is 3. The van der Waals surface area contributed by atoms with Gasteiger partial charge in [-0.2, -0.15) is 4.98 Å². The van der Waals surface area contributed by atoms with Crippen LogP contribution in [0.3, 0.4) is 0 Å². The third-order valence-corrected chi connectivity index (χ3v) is 4.16. The lowest BCUT2D eigenvalue weighted by Crippen LogP contribution is -2.50. The molecule has 1 saturated heterocycles. The Bertz CT molecular complexity index is 728. The minimum absolute atomic E-state index is 0.126. The fourth-order valence-corrected chi connectivity index (χ4v) is 2.79. The number of piperidine rings is 1. The Morgan fingerprint density at radius 3 is 2.65 bits per heavy atom. The molecule has 1 aromatic carbocycles. The second kappa shape index (κ2) is 6.49. The number of rotatable bonds is 3. The summed E-state index contributed by atoms with van der Waals surface area (Å²) in [6.45, 7) is 2.21. The van der Waals surface area contributed by atoms with Crippen LogP contribution < -0.4 is 17.2 Å². The first kappa shape index (κ1) is 15.7. The van der Waals surface area contributed by atoms with E-state index in [2.05, 4.69) is 9.88 Å². The lowest BCUT2D eigenvalue weighted by atomic mass is 10.0. The topological polar surface area (TPSA) is 110 Å². The van der Waals surface area contributed by atoms with Crippen LogP contribution in [0.1, 0.15) is 12.0 Å². The van der Waals surface area contributed by atoms with Crippen molar-refractivity contribution in [3.8, 4) is 5.69 Å². The molecule has 0 amide bonds. The highest BCUT2D eigenvalue weighted by atomic mass is 16.3. The third kappa shape index (κ3) is 3.58. The van der Waals surface area contributed by atoms with Gasteiger partial charge in [-0.15, -0.1) is 0 Å². The standard InChI is InChI=1S/C16H21N5O2/c17-13-5-7-20(10-14(13)22)9-11-1-3-12(4-2-11)21-8-6-15(18)19-16(21)23/h1-4,6,8,13-14,22H,5,7,9-10,17H2,(H2,18,19,23)/t13-,14+/m1/s1. The highest BCUT2D eigenvalue weighted by Gasteiger charge is 2.24. The highest BCUT2D eigenvalue weighted by molar-refractivity contribution is 5.36. The molecule has 23 heavy (non-hydrogen) atoms. The van der Waals surface area contributed by atoms with Crippen LogP contribution in [0.15, 0.2) is 41.3 Å². The van der Waals surface area contributed by atoms with Crippen LogP contribution in [-0.4, -0.2) is 44.8 Å². The van der Waals surface area contributed by atoms with Gasteiger partial charge in [-0.1, -0.05) is 12.1 Å². The number of β-amino-alcohol motifs (C(OH)–C–C–N with tert-alkyl or cyclic N) is 1. The molecule has 2 aromatic rings. The predicted octanol–water partition coefficient (Wildman–Crippen LogP) is -0.291. The van der Waals surface area contributed by atoms with E-state index < -0.39 is 11.8 Å². The molecule has 1 fully saturated rings. The van der Waals surface area contributed by atoms with E-state index in [9.17, 15) is 9.90 Å². The molecule has 1 aliphatic rings. The molecule has 2 atom stereocenters. The van der Waals surface area contributed by atoms with E-state index in [1.54, 1.807) is 12.3 Å².